The van der Waals surface area contributed by atoms with E-state index in [9.17, 15) is 0 Å². The van der Waals surface area contributed by atoms with Crippen LogP contribution >= 0.6 is 0 Å². The summed E-state index contributed by atoms with van der Waals surface area (Å²) in [5.74, 6) is 2.42. The van der Waals surface area contributed by atoms with E-state index < -0.39 is 0 Å². The fraction of sp³-hybridized carbons (Fsp3) is 0.368. The predicted molar refractivity (Wildman–Crippen MR) is 90.2 cm³/mol. The Balaban J connectivity index is 1.72. The van der Waals surface area contributed by atoms with Crippen molar-refractivity contribution in [3.05, 3.63) is 54.1 Å². The lowest BCUT2D eigenvalue weighted by Crippen LogP contribution is -2.34. The maximum absolute atomic E-state index is 5.25. The minimum atomic E-state index is 0.585. The van der Waals surface area contributed by atoms with E-state index in [2.05, 4.69) is 41.3 Å². The first-order chi connectivity index (χ1) is 10.8. The number of nitrogens with zero attached hydrogens (tertiary/aromatic N) is 1. The van der Waals surface area contributed by atoms with Crippen LogP contribution < -0.4 is 14.4 Å². The Morgan fingerprint density at radius 2 is 1.45 bits per heavy atom. The molecule has 3 heteroatoms. The molecule has 1 heterocycles. The number of piperidine rings is 1. The average molecular weight is 297 g/mol. The van der Waals surface area contributed by atoms with Crippen LogP contribution in [0.25, 0.3) is 0 Å². The highest BCUT2D eigenvalue weighted by Crippen LogP contribution is 2.31. The molecule has 1 fully saturated rings. The first-order valence-corrected chi connectivity index (χ1v) is 7.83. The van der Waals surface area contributed by atoms with Gasteiger partial charge < -0.3 is 14.4 Å². The van der Waals surface area contributed by atoms with Gasteiger partial charge in [-0.3, -0.25) is 0 Å². The number of anilines is 1. The Morgan fingerprint density at radius 3 is 2.05 bits per heavy atom. The third-order valence-electron chi connectivity index (χ3n) is 4.45. The molecule has 0 saturated carbocycles. The normalized spacial score (nSPS) is 18.1. The first kappa shape index (κ1) is 14.8. The van der Waals surface area contributed by atoms with Gasteiger partial charge in [0.1, 0.15) is 11.5 Å². The summed E-state index contributed by atoms with van der Waals surface area (Å²) in [6, 6.07) is 16.9. The molecular formula is C19H23NO2. The number of ether oxygens (including phenoxy) is 2. The molecular weight excluding hydrogens is 274 g/mol. The number of methoxy groups -OCH3 is 2. The maximum atomic E-state index is 5.25. The molecule has 1 unspecified atom stereocenters. The highest BCUT2D eigenvalue weighted by atomic mass is 16.5. The second-order valence-electron chi connectivity index (χ2n) is 5.76. The highest BCUT2D eigenvalue weighted by molar-refractivity contribution is 5.50. The van der Waals surface area contributed by atoms with Crippen LogP contribution in [0.1, 0.15) is 24.3 Å². The molecule has 22 heavy (non-hydrogen) atoms. The van der Waals surface area contributed by atoms with Crippen molar-refractivity contribution in [2.24, 2.45) is 0 Å². The van der Waals surface area contributed by atoms with E-state index in [-0.39, 0.29) is 0 Å². The molecule has 3 rings (SSSR count). The van der Waals surface area contributed by atoms with Crippen LogP contribution in [0, 0.1) is 0 Å². The number of hydrogen-bond acceptors (Lipinski definition) is 3. The average Bonchev–Trinajstić information content (AvgIpc) is 2.62. The fourth-order valence-electron chi connectivity index (χ4n) is 3.15. The molecule has 0 amide bonds. The zero-order chi connectivity index (χ0) is 15.4. The van der Waals surface area contributed by atoms with Gasteiger partial charge in [-0.05, 0) is 54.8 Å². The van der Waals surface area contributed by atoms with E-state index >= 15 is 0 Å². The summed E-state index contributed by atoms with van der Waals surface area (Å²) in [6.45, 7) is 2.19. The Labute approximate surface area is 132 Å². The van der Waals surface area contributed by atoms with Crippen molar-refractivity contribution in [3.63, 3.8) is 0 Å². The molecule has 1 aliphatic heterocycles. The van der Waals surface area contributed by atoms with Gasteiger partial charge in [0.15, 0.2) is 0 Å². The molecule has 2 aromatic carbocycles. The third kappa shape index (κ3) is 3.19. The number of hydrogen-bond donors (Lipinski definition) is 0. The molecule has 2 aromatic rings. The molecule has 116 valence electrons. The largest absolute Gasteiger partial charge is 0.497 e. The van der Waals surface area contributed by atoms with Crippen molar-refractivity contribution in [3.8, 4) is 11.5 Å². The summed E-state index contributed by atoms with van der Waals surface area (Å²) < 4.78 is 10.5. The zero-order valence-electron chi connectivity index (χ0n) is 13.3. The van der Waals surface area contributed by atoms with Crippen molar-refractivity contribution >= 4 is 5.69 Å². The minimum Gasteiger partial charge on any atom is -0.497 e. The molecule has 1 saturated heterocycles. The van der Waals surface area contributed by atoms with E-state index in [1.807, 2.05) is 12.1 Å². The van der Waals surface area contributed by atoms with Gasteiger partial charge in [-0.15, -0.1) is 0 Å². The van der Waals surface area contributed by atoms with Crippen LogP contribution in [0.4, 0.5) is 5.69 Å². The minimum absolute atomic E-state index is 0.585. The molecule has 0 aromatic heterocycles. The molecule has 0 bridgehead atoms. The molecule has 1 atom stereocenters. The molecule has 0 N–H and O–H groups in total. The highest BCUT2D eigenvalue weighted by Gasteiger charge is 2.21. The van der Waals surface area contributed by atoms with Gasteiger partial charge >= 0.3 is 0 Å². The van der Waals surface area contributed by atoms with Crippen molar-refractivity contribution < 1.29 is 9.47 Å². The Hall–Kier alpha value is -2.16. The monoisotopic (exact) mass is 297 g/mol. The van der Waals surface area contributed by atoms with Gasteiger partial charge in [-0.25, -0.2) is 0 Å². The lowest BCUT2D eigenvalue weighted by molar-refractivity contribution is 0.414. The van der Waals surface area contributed by atoms with E-state index in [0.29, 0.717) is 5.92 Å². The predicted octanol–water partition coefficient (Wildman–Crippen LogP) is 4.09. The fourth-order valence-corrected chi connectivity index (χ4v) is 3.15. The van der Waals surface area contributed by atoms with Crippen LogP contribution in [0.2, 0.25) is 0 Å². The van der Waals surface area contributed by atoms with Crippen LogP contribution in [0.3, 0.4) is 0 Å². The lowest BCUT2D eigenvalue weighted by atomic mass is 9.90. The van der Waals surface area contributed by atoms with Gasteiger partial charge in [0.2, 0.25) is 0 Å². The van der Waals surface area contributed by atoms with Gasteiger partial charge in [-0.2, -0.15) is 0 Å². The zero-order valence-corrected chi connectivity index (χ0v) is 13.3. The summed E-state index contributed by atoms with van der Waals surface area (Å²) in [5, 5.41) is 0. The molecule has 0 spiro atoms. The summed E-state index contributed by atoms with van der Waals surface area (Å²) in [7, 11) is 3.41. The first-order valence-electron chi connectivity index (χ1n) is 7.83. The van der Waals surface area contributed by atoms with Crippen molar-refractivity contribution in [2.75, 3.05) is 32.2 Å². The van der Waals surface area contributed by atoms with Gasteiger partial charge in [0, 0.05) is 24.7 Å². The van der Waals surface area contributed by atoms with E-state index in [4.69, 9.17) is 9.47 Å². The second-order valence-corrected chi connectivity index (χ2v) is 5.76. The van der Waals surface area contributed by atoms with Gasteiger partial charge in [0.25, 0.3) is 0 Å². The van der Waals surface area contributed by atoms with Gasteiger partial charge in [0.05, 0.1) is 14.2 Å². The van der Waals surface area contributed by atoms with Crippen LogP contribution in [-0.2, 0) is 0 Å². The maximum Gasteiger partial charge on any atom is 0.119 e. The topological polar surface area (TPSA) is 21.7 Å². The smallest absolute Gasteiger partial charge is 0.119 e. The Morgan fingerprint density at radius 1 is 0.864 bits per heavy atom. The molecule has 3 nitrogen and oxygen atoms in total. The van der Waals surface area contributed by atoms with E-state index in [1.165, 1.54) is 24.1 Å². The van der Waals surface area contributed by atoms with Crippen molar-refractivity contribution in [2.45, 2.75) is 18.8 Å². The SMILES string of the molecule is COc1ccc(C2CCCN(c3ccc(OC)cc3)C2)cc1. The summed E-state index contributed by atoms with van der Waals surface area (Å²) in [4.78, 5) is 2.47. The second kappa shape index (κ2) is 6.73. The number of rotatable bonds is 4. The lowest BCUT2D eigenvalue weighted by Gasteiger charge is -2.34. The third-order valence-corrected chi connectivity index (χ3v) is 4.45. The van der Waals surface area contributed by atoms with E-state index in [0.717, 1.165) is 24.6 Å². The van der Waals surface area contributed by atoms with Crippen molar-refractivity contribution in [1.82, 2.24) is 0 Å². The van der Waals surface area contributed by atoms with E-state index in [1.54, 1.807) is 14.2 Å². The Kier molecular flexibility index (Phi) is 4.52. The molecule has 1 aliphatic rings. The summed E-state index contributed by atoms with van der Waals surface area (Å²) in [5.41, 5.74) is 2.68. The molecule has 0 radical (unpaired) electrons. The summed E-state index contributed by atoms with van der Waals surface area (Å²) >= 11 is 0. The van der Waals surface area contributed by atoms with Gasteiger partial charge in [-0.1, -0.05) is 12.1 Å². The number of benzene rings is 2. The van der Waals surface area contributed by atoms with Crippen LogP contribution in [0.5, 0.6) is 11.5 Å². The standard InChI is InChI=1S/C19H23NO2/c1-21-18-9-5-15(6-10-18)16-4-3-13-20(14-16)17-7-11-19(22-2)12-8-17/h5-12,16H,3-4,13-14H2,1-2H3. The quantitative estimate of drug-likeness (QED) is 0.848. The van der Waals surface area contributed by atoms with Crippen molar-refractivity contribution in [1.29, 1.82) is 0 Å². The Bertz CT molecular complexity index is 538. The van der Waals surface area contributed by atoms with Crippen LogP contribution in [0.15, 0.2) is 48.5 Å². The van der Waals surface area contributed by atoms with Crippen LogP contribution in [-0.4, -0.2) is 27.3 Å². The molecule has 0 aliphatic carbocycles. The summed E-state index contributed by atoms with van der Waals surface area (Å²) in [6.07, 6.45) is 2.47.